The Morgan fingerprint density at radius 2 is 1.65 bits per heavy atom. The van der Waals surface area contributed by atoms with Crippen molar-refractivity contribution in [3.05, 3.63) is 58.4 Å². The highest BCUT2D eigenvalue weighted by Gasteiger charge is 2.13. The normalized spacial score (nSPS) is 10.4. The fourth-order valence-electron chi connectivity index (χ4n) is 2.21. The number of hydrogen-bond donors (Lipinski definition) is 2. The molecule has 0 atom stereocenters. The van der Waals surface area contributed by atoms with Gasteiger partial charge in [0.05, 0.1) is 0 Å². The van der Waals surface area contributed by atoms with Crippen molar-refractivity contribution < 1.29 is 9.18 Å². The summed E-state index contributed by atoms with van der Waals surface area (Å²) in [6, 6.07) is 7.76. The fraction of sp³-hybridized carbons (Fsp3) is 0.188. The summed E-state index contributed by atoms with van der Waals surface area (Å²) in [6.07, 6.45) is 0. The van der Waals surface area contributed by atoms with Crippen molar-refractivity contribution in [2.24, 2.45) is 0 Å². The van der Waals surface area contributed by atoms with Crippen molar-refractivity contribution in [3.63, 3.8) is 0 Å². The summed E-state index contributed by atoms with van der Waals surface area (Å²) in [5.74, 6) is -0.746. The van der Waals surface area contributed by atoms with Gasteiger partial charge in [-0.1, -0.05) is 6.07 Å². The molecular weight excluding hydrogens is 255 g/mol. The van der Waals surface area contributed by atoms with Crippen molar-refractivity contribution in [1.29, 1.82) is 0 Å². The maximum atomic E-state index is 13.3. The Balaban J connectivity index is 2.35. The molecule has 2 aromatic rings. The maximum Gasteiger partial charge on any atom is 0.256 e. The van der Waals surface area contributed by atoms with Gasteiger partial charge < -0.3 is 11.1 Å². The summed E-state index contributed by atoms with van der Waals surface area (Å²) in [7, 11) is 0. The lowest BCUT2D eigenvalue weighted by Gasteiger charge is -2.13. The van der Waals surface area contributed by atoms with Crippen LogP contribution in [0.3, 0.4) is 0 Å². The van der Waals surface area contributed by atoms with E-state index in [0.29, 0.717) is 16.9 Å². The average Bonchev–Trinajstić information content (AvgIpc) is 2.36. The number of nitrogens with one attached hydrogen (secondary N) is 1. The van der Waals surface area contributed by atoms with Crippen molar-refractivity contribution in [2.75, 3.05) is 11.1 Å². The zero-order valence-electron chi connectivity index (χ0n) is 11.8. The van der Waals surface area contributed by atoms with E-state index in [1.807, 2.05) is 13.8 Å². The lowest BCUT2D eigenvalue weighted by atomic mass is 10.1. The molecule has 0 radical (unpaired) electrons. The Labute approximate surface area is 117 Å². The fourth-order valence-corrected chi connectivity index (χ4v) is 2.21. The Hall–Kier alpha value is -2.36. The van der Waals surface area contributed by atoms with Crippen LogP contribution in [0.5, 0.6) is 0 Å². The maximum absolute atomic E-state index is 13.3. The molecule has 104 valence electrons. The molecule has 3 nitrogen and oxygen atoms in total. The standard InChI is InChI=1S/C16H17FN2O/c1-9-4-5-12(17)8-14(9)16(20)19-15-10(2)6-13(18)7-11(15)3/h4-8H,18H2,1-3H3,(H,19,20). The van der Waals surface area contributed by atoms with Gasteiger partial charge in [-0.15, -0.1) is 0 Å². The molecule has 0 saturated heterocycles. The third-order valence-corrected chi connectivity index (χ3v) is 3.24. The summed E-state index contributed by atoms with van der Waals surface area (Å²) < 4.78 is 13.3. The van der Waals surface area contributed by atoms with E-state index >= 15 is 0 Å². The summed E-state index contributed by atoms with van der Waals surface area (Å²) >= 11 is 0. The molecule has 0 unspecified atom stereocenters. The summed E-state index contributed by atoms with van der Waals surface area (Å²) in [5.41, 5.74) is 9.94. The second kappa shape index (κ2) is 5.33. The molecule has 0 bridgehead atoms. The highest BCUT2D eigenvalue weighted by atomic mass is 19.1. The van der Waals surface area contributed by atoms with Crippen LogP contribution in [0.4, 0.5) is 15.8 Å². The van der Waals surface area contributed by atoms with Gasteiger partial charge in [0, 0.05) is 16.9 Å². The van der Waals surface area contributed by atoms with E-state index in [0.717, 1.165) is 16.7 Å². The molecular formula is C16H17FN2O. The van der Waals surface area contributed by atoms with Crippen LogP contribution in [0.2, 0.25) is 0 Å². The SMILES string of the molecule is Cc1ccc(F)cc1C(=O)Nc1c(C)cc(N)cc1C. The summed E-state index contributed by atoms with van der Waals surface area (Å²) in [4.78, 5) is 12.3. The Morgan fingerprint density at radius 1 is 1.05 bits per heavy atom. The molecule has 0 saturated carbocycles. The van der Waals surface area contributed by atoms with Crippen molar-refractivity contribution in [3.8, 4) is 0 Å². The van der Waals surface area contributed by atoms with Crippen LogP contribution in [0, 0.1) is 26.6 Å². The first-order valence-corrected chi connectivity index (χ1v) is 6.32. The van der Waals surface area contributed by atoms with E-state index in [9.17, 15) is 9.18 Å². The number of carbonyl (C=O) groups excluding carboxylic acids is 1. The minimum absolute atomic E-state index is 0.321. The molecule has 0 aliphatic rings. The number of benzene rings is 2. The number of rotatable bonds is 2. The van der Waals surface area contributed by atoms with E-state index < -0.39 is 5.82 Å². The Morgan fingerprint density at radius 3 is 2.25 bits per heavy atom. The largest absolute Gasteiger partial charge is 0.399 e. The molecule has 2 rings (SSSR count). The first-order valence-electron chi connectivity index (χ1n) is 6.32. The lowest BCUT2D eigenvalue weighted by molar-refractivity contribution is 0.102. The van der Waals surface area contributed by atoms with E-state index in [-0.39, 0.29) is 5.91 Å². The number of nitrogens with two attached hydrogens (primary N) is 1. The molecule has 3 N–H and O–H groups in total. The molecule has 20 heavy (non-hydrogen) atoms. The number of nitrogen functional groups attached to an aromatic ring is 1. The molecule has 0 spiro atoms. The molecule has 0 heterocycles. The number of halogens is 1. The Kier molecular flexibility index (Phi) is 3.74. The second-order valence-electron chi connectivity index (χ2n) is 4.94. The van der Waals surface area contributed by atoms with Crippen LogP contribution < -0.4 is 11.1 Å². The quantitative estimate of drug-likeness (QED) is 0.821. The smallest absolute Gasteiger partial charge is 0.256 e. The minimum Gasteiger partial charge on any atom is -0.399 e. The lowest BCUT2D eigenvalue weighted by Crippen LogP contribution is -2.15. The molecule has 0 fully saturated rings. The van der Waals surface area contributed by atoms with Gasteiger partial charge in [-0.2, -0.15) is 0 Å². The first-order chi connectivity index (χ1) is 9.38. The zero-order valence-corrected chi connectivity index (χ0v) is 11.8. The number of anilines is 2. The topological polar surface area (TPSA) is 55.1 Å². The second-order valence-corrected chi connectivity index (χ2v) is 4.94. The molecule has 0 aliphatic heterocycles. The van der Waals surface area contributed by atoms with Gasteiger partial charge in [0.25, 0.3) is 5.91 Å². The minimum atomic E-state index is -0.425. The predicted octanol–water partition coefficient (Wildman–Crippen LogP) is 3.59. The van der Waals surface area contributed by atoms with Crippen molar-refractivity contribution in [2.45, 2.75) is 20.8 Å². The number of aryl methyl sites for hydroxylation is 3. The number of hydrogen-bond acceptors (Lipinski definition) is 2. The van der Waals surface area contributed by atoms with Gasteiger partial charge in [-0.3, -0.25) is 4.79 Å². The van der Waals surface area contributed by atoms with E-state index in [2.05, 4.69) is 5.32 Å². The molecule has 0 aromatic heterocycles. The van der Waals surface area contributed by atoms with E-state index in [4.69, 9.17) is 5.73 Å². The molecule has 0 aliphatic carbocycles. The highest BCUT2D eigenvalue weighted by molar-refractivity contribution is 6.06. The van der Waals surface area contributed by atoms with E-state index in [1.165, 1.54) is 12.1 Å². The van der Waals surface area contributed by atoms with Crippen LogP contribution in [-0.4, -0.2) is 5.91 Å². The van der Waals surface area contributed by atoms with Gasteiger partial charge in [0.2, 0.25) is 0 Å². The van der Waals surface area contributed by atoms with Crippen LogP contribution in [0.1, 0.15) is 27.0 Å². The van der Waals surface area contributed by atoms with E-state index in [1.54, 1.807) is 25.1 Å². The monoisotopic (exact) mass is 272 g/mol. The third kappa shape index (κ3) is 2.79. The number of amides is 1. The van der Waals surface area contributed by atoms with Crippen LogP contribution in [0.25, 0.3) is 0 Å². The molecule has 1 amide bonds. The van der Waals surface area contributed by atoms with Crippen molar-refractivity contribution >= 4 is 17.3 Å². The van der Waals surface area contributed by atoms with Gasteiger partial charge in [-0.25, -0.2) is 4.39 Å². The summed E-state index contributed by atoms with van der Waals surface area (Å²) in [6.45, 7) is 5.52. The van der Waals surface area contributed by atoms with Crippen LogP contribution in [-0.2, 0) is 0 Å². The molecule has 4 heteroatoms. The third-order valence-electron chi connectivity index (χ3n) is 3.24. The van der Waals surface area contributed by atoms with Gasteiger partial charge in [-0.05, 0) is 61.7 Å². The summed E-state index contributed by atoms with van der Waals surface area (Å²) in [5, 5.41) is 2.83. The first kappa shape index (κ1) is 14.1. The average molecular weight is 272 g/mol. The van der Waals surface area contributed by atoms with Gasteiger partial charge >= 0.3 is 0 Å². The van der Waals surface area contributed by atoms with Gasteiger partial charge in [0.15, 0.2) is 0 Å². The Bertz CT molecular complexity index is 657. The molecule has 2 aromatic carbocycles. The van der Waals surface area contributed by atoms with Gasteiger partial charge in [0.1, 0.15) is 5.82 Å². The number of carbonyl (C=O) groups is 1. The van der Waals surface area contributed by atoms with Crippen molar-refractivity contribution in [1.82, 2.24) is 0 Å². The highest BCUT2D eigenvalue weighted by Crippen LogP contribution is 2.24. The zero-order chi connectivity index (χ0) is 14.9. The predicted molar refractivity (Wildman–Crippen MR) is 79.4 cm³/mol. The van der Waals surface area contributed by atoms with Crippen LogP contribution >= 0.6 is 0 Å². The van der Waals surface area contributed by atoms with Crippen LogP contribution in [0.15, 0.2) is 30.3 Å².